The van der Waals surface area contributed by atoms with E-state index in [9.17, 15) is 56.3 Å². The summed E-state index contributed by atoms with van der Waals surface area (Å²) in [7, 11) is 0. The molecule has 4 aromatic rings. The van der Waals surface area contributed by atoms with Gasteiger partial charge in [0.2, 0.25) is 23.6 Å². The Balaban J connectivity index is 0.000000281. The van der Waals surface area contributed by atoms with Gasteiger partial charge in [-0.3, -0.25) is 63.6 Å². The minimum atomic E-state index is -1.27. The molecule has 0 spiro atoms. The largest absolute Gasteiger partial charge is 0.373 e. The van der Waals surface area contributed by atoms with Crippen molar-refractivity contribution in [2.45, 2.75) is 147 Å². The topological polar surface area (TPSA) is 243 Å². The molecule has 6 N–H and O–H groups in total. The van der Waals surface area contributed by atoms with Gasteiger partial charge in [-0.15, -0.1) is 0 Å². The van der Waals surface area contributed by atoms with Crippen LogP contribution in [0.4, 0.5) is 24.5 Å². The Morgan fingerprint density at radius 2 is 1.10 bits per heavy atom. The van der Waals surface area contributed by atoms with Crippen LogP contribution >= 0.6 is 22.6 Å². The number of nitrogens with two attached hydrogens (primary N) is 1. The highest BCUT2D eigenvalue weighted by Gasteiger charge is 2.47. The lowest BCUT2D eigenvalue weighted by Crippen LogP contribution is -2.54. The fourth-order valence-corrected chi connectivity index (χ4v) is 11.1. The number of nitrogens with zero attached hydrogens (tertiary/aromatic N) is 2. The van der Waals surface area contributed by atoms with Gasteiger partial charge in [-0.05, 0) is 154 Å². The molecule has 2 fully saturated rings. The number of ketones is 1. The minimum absolute atomic E-state index is 0.0820. The SMILES string of the molecule is NCCCCCCCCCc1cccc2c1C(=O)N(C1CCC(=O)NC1=O)C2=O.O=C1CCC(N2C(=O)c3cccc(CCCCCCCCCNCCCOCC(=O)c4ccc(F)c(F)c4Nc4ccc(I)cc4F)c3C2=O)C(=O)N1. The first kappa shape index (κ1) is 62.9. The number of amides is 8. The molecule has 0 bridgehead atoms. The summed E-state index contributed by atoms with van der Waals surface area (Å²) in [6.07, 6.45) is 17.6. The van der Waals surface area contributed by atoms with Gasteiger partial charge in [0.25, 0.3) is 23.6 Å². The van der Waals surface area contributed by atoms with E-state index in [1.54, 1.807) is 30.3 Å². The second-order valence-electron chi connectivity index (χ2n) is 20.9. The third-order valence-corrected chi connectivity index (χ3v) is 15.7. The van der Waals surface area contributed by atoms with Gasteiger partial charge >= 0.3 is 0 Å². The first-order valence-electron chi connectivity index (χ1n) is 28.5. The standard InChI is InChI=1S/C39H42F3IN4O6.C22H29N3O4/c40-28-15-14-26(36(35(28)42)45-30-16-13-25(43)22-29(30)41)32(48)23-53-21-9-20-44-19-7-5-3-1-2-4-6-10-24-11-8-12-27-34(24)39(52)47(38(27)51)31-17-18-33(49)46-37(31)50;23-14-7-5-3-1-2-4-6-9-15-10-8-11-16-19(15)22(29)25(21(16)28)17-12-13-18(26)24-20(17)27/h8,11-16,22,31,44-45H,1-7,9-10,17-21,23H2,(H,46,49,50);8,10-11,17H,1-7,9,12-14,23H2,(H,24,26,27). The molecule has 8 rings (SSSR count). The lowest BCUT2D eigenvalue weighted by Gasteiger charge is -2.27. The highest BCUT2D eigenvalue weighted by Crippen LogP contribution is 2.34. The first-order valence-corrected chi connectivity index (χ1v) is 29.6. The summed E-state index contributed by atoms with van der Waals surface area (Å²) >= 11 is 1.93. The van der Waals surface area contributed by atoms with Crippen molar-refractivity contribution < 1.29 is 61.1 Å². The molecule has 2 atom stereocenters. The Hall–Kier alpha value is -6.69. The summed E-state index contributed by atoms with van der Waals surface area (Å²) in [5.41, 5.74) is 7.98. The predicted molar refractivity (Wildman–Crippen MR) is 309 cm³/mol. The van der Waals surface area contributed by atoms with E-state index >= 15 is 0 Å². The van der Waals surface area contributed by atoms with Crippen LogP contribution in [0.2, 0.25) is 0 Å². The summed E-state index contributed by atoms with van der Waals surface area (Å²) in [5.74, 6) is -7.43. The van der Waals surface area contributed by atoms with Gasteiger partial charge < -0.3 is 21.1 Å². The van der Waals surface area contributed by atoms with Crippen LogP contribution in [0.1, 0.15) is 185 Å². The average molecular weight is 1250 g/mol. The number of hydrogen-bond donors (Lipinski definition) is 5. The highest BCUT2D eigenvalue weighted by molar-refractivity contribution is 14.1. The van der Waals surface area contributed by atoms with Crippen LogP contribution in [0.25, 0.3) is 0 Å². The molecule has 4 aliphatic rings. The lowest BCUT2D eigenvalue weighted by atomic mass is 9.97. The van der Waals surface area contributed by atoms with E-state index < -0.39 is 82.4 Å². The number of imide groups is 4. The Morgan fingerprint density at radius 3 is 1.61 bits per heavy atom. The number of nitrogens with one attached hydrogen (secondary N) is 4. The van der Waals surface area contributed by atoms with Crippen molar-refractivity contribution in [2.24, 2.45) is 5.73 Å². The number of Topliss-reactive ketones (excluding diaryl/α,β-unsaturated/α-hetero) is 1. The number of unbranched alkanes of at least 4 members (excludes halogenated alkanes) is 12. The molecule has 8 amide bonds. The minimum Gasteiger partial charge on any atom is -0.373 e. The molecule has 4 aromatic carbocycles. The van der Waals surface area contributed by atoms with Crippen LogP contribution in [-0.2, 0) is 36.8 Å². The molecule has 0 aromatic heterocycles. The maximum atomic E-state index is 14.6. The van der Waals surface area contributed by atoms with Crippen molar-refractivity contribution in [1.82, 2.24) is 25.8 Å². The summed E-state index contributed by atoms with van der Waals surface area (Å²) < 4.78 is 49.0. The van der Waals surface area contributed by atoms with Crippen molar-refractivity contribution in [3.8, 4) is 0 Å². The number of benzene rings is 4. The maximum absolute atomic E-state index is 14.6. The number of hydrogen-bond acceptors (Lipinski definition) is 13. The van der Waals surface area contributed by atoms with E-state index in [1.807, 2.05) is 34.7 Å². The lowest BCUT2D eigenvalue weighted by molar-refractivity contribution is -0.137. The molecular weight excluding hydrogens is 1170 g/mol. The number of fused-ring (bicyclic) bond motifs is 2. The van der Waals surface area contributed by atoms with Gasteiger partial charge in [0.05, 0.1) is 33.6 Å². The third-order valence-electron chi connectivity index (χ3n) is 15.0. The van der Waals surface area contributed by atoms with Crippen LogP contribution in [-0.4, -0.2) is 108 Å². The predicted octanol–water partition coefficient (Wildman–Crippen LogP) is 9.33. The molecule has 82 heavy (non-hydrogen) atoms. The van der Waals surface area contributed by atoms with Crippen LogP contribution in [0.15, 0.2) is 66.7 Å². The van der Waals surface area contributed by atoms with Crippen molar-refractivity contribution >= 4 is 87.0 Å². The molecule has 17 nitrogen and oxygen atoms in total. The zero-order valence-corrected chi connectivity index (χ0v) is 48.1. The number of piperidine rings is 2. The number of anilines is 2. The zero-order valence-electron chi connectivity index (χ0n) is 46.0. The molecule has 2 saturated heterocycles. The summed E-state index contributed by atoms with van der Waals surface area (Å²) in [4.78, 5) is 114. The number of aryl methyl sites for hydroxylation is 2. The van der Waals surface area contributed by atoms with E-state index in [0.29, 0.717) is 51.8 Å². The Bertz CT molecular complexity index is 3030. The summed E-state index contributed by atoms with van der Waals surface area (Å²) in [5, 5.41) is 10.3. The van der Waals surface area contributed by atoms with Crippen LogP contribution in [0, 0.1) is 21.0 Å². The van der Waals surface area contributed by atoms with E-state index in [1.165, 1.54) is 31.4 Å². The molecule has 21 heteroatoms. The van der Waals surface area contributed by atoms with Gasteiger partial charge in [0.15, 0.2) is 17.4 Å². The van der Waals surface area contributed by atoms with Gasteiger partial charge in [0, 0.05) is 28.6 Å². The van der Waals surface area contributed by atoms with Crippen molar-refractivity contribution in [3.63, 3.8) is 0 Å². The summed E-state index contributed by atoms with van der Waals surface area (Å²) in [6, 6.07) is 14.9. The smallest absolute Gasteiger partial charge is 0.262 e. The molecular formula is C61H71F3IN7O10. The quantitative estimate of drug-likeness (QED) is 0.0142. The third kappa shape index (κ3) is 16.3. The molecule has 0 aliphatic carbocycles. The van der Waals surface area contributed by atoms with E-state index in [4.69, 9.17) is 10.5 Å². The van der Waals surface area contributed by atoms with Gasteiger partial charge in [-0.1, -0.05) is 88.5 Å². The highest BCUT2D eigenvalue weighted by atomic mass is 127. The Morgan fingerprint density at radius 1 is 0.598 bits per heavy atom. The number of rotatable bonds is 30. The number of ether oxygens (including phenoxy) is 1. The van der Waals surface area contributed by atoms with Gasteiger partial charge in [-0.25, -0.2) is 13.2 Å². The molecule has 0 saturated carbocycles. The van der Waals surface area contributed by atoms with Gasteiger partial charge in [0.1, 0.15) is 24.5 Å². The van der Waals surface area contributed by atoms with E-state index in [2.05, 4.69) is 21.3 Å². The fraction of sp³-hybridized carbons (Fsp3) is 0.459. The maximum Gasteiger partial charge on any atom is 0.262 e. The monoisotopic (exact) mass is 1250 g/mol. The van der Waals surface area contributed by atoms with Crippen molar-refractivity contribution in [3.05, 3.63) is 127 Å². The van der Waals surface area contributed by atoms with Crippen LogP contribution < -0.4 is 27.0 Å². The number of carbonyl (C=O) groups is 9. The van der Waals surface area contributed by atoms with E-state index in [-0.39, 0.29) is 49.4 Å². The number of carbonyl (C=O) groups excluding carboxylic acids is 9. The first-order chi connectivity index (χ1) is 39.6. The summed E-state index contributed by atoms with van der Waals surface area (Å²) in [6.45, 7) is 2.26. The molecule has 438 valence electrons. The second kappa shape index (κ2) is 31.1. The van der Waals surface area contributed by atoms with Crippen molar-refractivity contribution in [2.75, 3.05) is 38.2 Å². The second-order valence-corrected chi connectivity index (χ2v) is 22.2. The Kier molecular flexibility index (Phi) is 23.9. The van der Waals surface area contributed by atoms with Gasteiger partial charge in [-0.2, -0.15) is 0 Å². The molecule has 0 radical (unpaired) electrons. The normalized spacial score (nSPS) is 16.7. The molecule has 4 heterocycles. The molecule has 2 unspecified atom stereocenters. The number of halogens is 4. The average Bonchev–Trinajstić information content (AvgIpc) is 4.11. The van der Waals surface area contributed by atoms with Crippen LogP contribution in [0.5, 0.6) is 0 Å². The molecule has 4 aliphatic heterocycles. The Labute approximate surface area is 488 Å². The van der Waals surface area contributed by atoms with E-state index in [0.717, 1.165) is 123 Å². The van der Waals surface area contributed by atoms with Crippen molar-refractivity contribution in [1.29, 1.82) is 0 Å². The fourth-order valence-electron chi connectivity index (χ4n) is 10.7. The van der Waals surface area contributed by atoms with Crippen LogP contribution in [0.3, 0.4) is 0 Å². The zero-order chi connectivity index (χ0) is 58.7.